The molecule has 1 amide bonds. The minimum Gasteiger partial charge on any atom is -0.505 e. The van der Waals surface area contributed by atoms with Crippen LogP contribution in [-0.4, -0.2) is 59.4 Å². The van der Waals surface area contributed by atoms with Gasteiger partial charge in [0.1, 0.15) is 12.3 Å². The highest BCUT2D eigenvalue weighted by molar-refractivity contribution is 7.89. The van der Waals surface area contributed by atoms with Crippen LogP contribution in [0.15, 0.2) is 47.5 Å². The number of hydrogen-bond acceptors (Lipinski definition) is 6. The van der Waals surface area contributed by atoms with E-state index in [4.69, 9.17) is 5.11 Å². The van der Waals surface area contributed by atoms with Gasteiger partial charge in [-0.3, -0.25) is 9.59 Å². The van der Waals surface area contributed by atoms with Crippen LogP contribution in [0.5, 0.6) is 5.75 Å². The minimum absolute atomic E-state index is 0.0723. The van der Waals surface area contributed by atoms with E-state index in [1.54, 1.807) is 18.2 Å². The molecule has 1 aliphatic heterocycles. The fourth-order valence-electron chi connectivity index (χ4n) is 3.45. The van der Waals surface area contributed by atoms with Crippen molar-refractivity contribution in [2.24, 2.45) is 0 Å². The number of aromatic nitrogens is 1. The van der Waals surface area contributed by atoms with Gasteiger partial charge in [-0.25, -0.2) is 13.4 Å². The summed E-state index contributed by atoms with van der Waals surface area (Å²) < 4.78 is 27.5. The molecule has 10 heteroatoms. The Bertz CT molecular complexity index is 1200. The highest BCUT2D eigenvalue weighted by atomic mass is 32.2. The zero-order valence-electron chi connectivity index (χ0n) is 18.7. The molecular formula is C23H27N3O6S. The van der Waals surface area contributed by atoms with Gasteiger partial charge in [0.05, 0.1) is 4.90 Å². The molecule has 33 heavy (non-hydrogen) atoms. The van der Waals surface area contributed by atoms with Crippen LogP contribution >= 0.6 is 0 Å². The summed E-state index contributed by atoms with van der Waals surface area (Å²) in [7, 11) is -3.65. The lowest BCUT2D eigenvalue weighted by Crippen LogP contribution is -2.34. The van der Waals surface area contributed by atoms with E-state index in [1.807, 2.05) is 12.1 Å². The van der Waals surface area contributed by atoms with Crippen LogP contribution in [0.3, 0.4) is 0 Å². The first-order chi connectivity index (χ1) is 15.4. The summed E-state index contributed by atoms with van der Waals surface area (Å²) in [6, 6.07) is 8.29. The van der Waals surface area contributed by atoms with E-state index in [1.165, 1.54) is 16.6 Å². The Morgan fingerprint density at radius 3 is 2.36 bits per heavy atom. The zero-order chi connectivity index (χ0) is 24.4. The van der Waals surface area contributed by atoms with E-state index in [-0.39, 0.29) is 34.8 Å². The molecule has 0 saturated heterocycles. The van der Waals surface area contributed by atoms with Gasteiger partial charge in [0.15, 0.2) is 5.69 Å². The number of nitrogens with zero attached hydrogens (tertiary/aromatic N) is 2. The fraction of sp³-hybridized carbons (Fsp3) is 0.348. The highest BCUT2D eigenvalue weighted by Gasteiger charge is 2.27. The maximum absolute atomic E-state index is 13.0. The third kappa shape index (κ3) is 5.58. The molecule has 2 heterocycles. The second-order valence-electron chi connectivity index (χ2n) is 8.78. The van der Waals surface area contributed by atoms with Crippen molar-refractivity contribution in [3.8, 4) is 5.75 Å². The van der Waals surface area contributed by atoms with Crippen LogP contribution in [-0.2, 0) is 20.2 Å². The number of aromatic hydroxyl groups is 1. The maximum atomic E-state index is 13.0. The van der Waals surface area contributed by atoms with Gasteiger partial charge in [-0.15, -0.1) is 0 Å². The number of carbonyl (C=O) groups excluding carboxylic acids is 1. The first-order valence-electron chi connectivity index (χ1n) is 10.4. The van der Waals surface area contributed by atoms with Crippen molar-refractivity contribution in [2.45, 2.75) is 37.5 Å². The SMILES string of the molecule is CC(C)(C)c1ccc(S(=O)(=O)N2CC=C(c3cnc(C(=O)NCC(=O)O)c(O)c3)CC2)cc1. The molecule has 0 saturated carbocycles. The van der Waals surface area contributed by atoms with E-state index in [0.29, 0.717) is 12.0 Å². The second-order valence-corrected chi connectivity index (χ2v) is 10.7. The summed E-state index contributed by atoms with van der Waals surface area (Å²) in [6.07, 6.45) is 3.56. The Labute approximate surface area is 192 Å². The average molecular weight is 474 g/mol. The molecule has 0 radical (unpaired) electrons. The summed E-state index contributed by atoms with van der Waals surface area (Å²) in [5, 5.41) is 20.9. The Balaban J connectivity index is 1.73. The number of amides is 1. The third-order valence-electron chi connectivity index (χ3n) is 5.38. The van der Waals surface area contributed by atoms with Gasteiger partial charge in [-0.2, -0.15) is 4.31 Å². The number of carboxylic acid groups (broad SMARTS) is 1. The van der Waals surface area contributed by atoms with Crippen LogP contribution in [0.2, 0.25) is 0 Å². The number of rotatable bonds is 6. The summed E-state index contributed by atoms with van der Waals surface area (Å²) in [6.45, 7) is 6.03. The smallest absolute Gasteiger partial charge is 0.322 e. The molecule has 1 aliphatic rings. The summed E-state index contributed by atoms with van der Waals surface area (Å²) in [4.78, 5) is 26.7. The van der Waals surface area contributed by atoms with Crippen LogP contribution in [0, 0.1) is 0 Å². The number of hydrogen-bond donors (Lipinski definition) is 3. The van der Waals surface area contributed by atoms with Crippen molar-refractivity contribution in [3.63, 3.8) is 0 Å². The molecule has 0 atom stereocenters. The largest absolute Gasteiger partial charge is 0.505 e. The Kier molecular flexibility index (Phi) is 6.89. The molecule has 0 aliphatic carbocycles. The van der Waals surface area contributed by atoms with E-state index >= 15 is 0 Å². The van der Waals surface area contributed by atoms with Gasteiger partial charge in [0.25, 0.3) is 5.91 Å². The number of sulfonamides is 1. The highest BCUT2D eigenvalue weighted by Crippen LogP contribution is 2.29. The Morgan fingerprint density at radius 2 is 1.85 bits per heavy atom. The topological polar surface area (TPSA) is 137 Å². The van der Waals surface area contributed by atoms with Crippen molar-refractivity contribution in [3.05, 3.63) is 59.4 Å². The number of benzene rings is 1. The monoisotopic (exact) mass is 473 g/mol. The van der Waals surface area contributed by atoms with Gasteiger partial charge >= 0.3 is 5.97 Å². The maximum Gasteiger partial charge on any atom is 0.322 e. The van der Waals surface area contributed by atoms with Gasteiger partial charge in [-0.1, -0.05) is 39.0 Å². The van der Waals surface area contributed by atoms with Gasteiger partial charge < -0.3 is 15.5 Å². The lowest BCUT2D eigenvalue weighted by atomic mass is 9.87. The number of nitrogens with one attached hydrogen (secondary N) is 1. The fourth-order valence-corrected chi connectivity index (χ4v) is 4.83. The third-order valence-corrected chi connectivity index (χ3v) is 7.26. The molecular weight excluding hydrogens is 446 g/mol. The average Bonchev–Trinajstić information content (AvgIpc) is 2.77. The van der Waals surface area contributed by atoms with Crippen molar-refractivity contribution < 1.29 is 28.2 Å². The first kappa shape index (κ1) is 24.4. The molecule has 3 rings (SSSR count). The molecule has 1 aromatic heterocycles. The molecule has 0 spiro atoms. The van der Waals surface area contributed by atoms with Gasteiger partial charge in [0, 0.05) is 19.3 Å². The van der Waals surface area contributed by atoms with Crippen molar-refractivity contribution >= 4 is 27.5 Å². The minimum atomic E-state index is -3.65. The number of pyridine rings is 1. The van der Waals surface area contributed by atoms with E-state index in [2.05, 4.69) is 31.1 Å². The molecule has 0 bridgehead atoms. The van der Waals surface area contributed by atoms with Gasteiger partial charge in [-0.05, 0) is 46.7 Å². The van der Waals surface area contributed by atoms with E-state index in [9.17, 15) is 23.1 Å². The number of carbonyl (C=O) groups is 2. The zero-order valence-corrected chi connectivity index (χ0v) is 19.5. The Morgan fingerprint density at radius 1 is 1.18 bits per heavy atom. The first-order valence-corrected chi connectivity index (χ1v) is 11.8. The van der Waals surface area contributed by atoms with Crippen molar-refractivity contribution in [1.29, 1.82) is 0 Å². The molecule has 1 aromatic carbocycles. The molecule has 9 nitrogen and oxygen atoms in total. The summed E-state index contributed by atoms with van der Waals surface area (Å²) in [5.41, 5.74) is 2.06. The van der Waals surface area contributed by atoms with E-state index in [0.717, 1.165) is 11.1 Å². The summed E-state index contributed by atoms with van der Waals surface area (Å²) in [5.74, 6) is -2.39. The number of aliphatic carboxylic acids is 1. The molecule has 176 valence electrons. The quantitative estimate of drug-likeness (QED) is 0.586. The normalized spacial score (nSPS) is 15.1. The van der Waals surface area contributed by atoms with Gasteiger partial charge in [0.2, 0.25) is 10.0 Å². The van der Waals surface area contributed by atoms with Crippen LogP contribution in [0.1, 0.15) is 48.8 Å². The summed E-state index contributed by atoms with van der Waals surface area (Å²) >= 11 is 0. The lowest BCUT2D eigenvalue weighted by Gasteiger charge is -2.26. The molecule has 0 unspecified atom stereocenters. The molecule has 0 fully saturated rings. The van der Waals surface area contributed by atoms with Crippen LogP contribution in [0.25, 0.3) is 5.57 Å². The predicted octanol–water partition coefficient (Wildman–Crippen LogP) is 2.38. The predicted molar refractivity (Wildman–Crippen MR) is 122 cm³/mol. The van der Waals surface area contributed by atoms with Crippen molar-refractivity contribution in [2.75, 3.05) is 19.6 Å². The molecule has 2 aromatic rings. The van der Waals surface area contributed by atoms with Crippen LogP contribution < -0.4 is 5.32 Å². The second kappa shape index (κ2) is 9.32. The lowest BCUT2D eigenvalue weighted by molar-refractivity contribution is -0.135. The Hall–Kier alpha value is -3.24. The van der Waals surface area contributed by atoms with Crippen LogP contribution in [0.4, 0.5) is 0 Å². The van der Waals surface area contributed by atoms with Crippen molar-refractivity contribution in [1.82, 2.24) is 14.6 Å². The standard InChI is InChI=1S/C23H27N3O6S/c1-23(2,3)17-4-6-18(7-5-17)33(31,32)26-10-8-15(9-11-26)16-12-19(27)21(24-13-16)22(30)25-14-20(28)29/h4-8,12-13,27H,9-11,14H2,1-3H3,(H,25,30)(H,28,29). The van der Waals surface area contributed by atoms with E-state index < -0.39 is 28.4 Å². The number of carboxylic acids is 1. The molecule has 3 N–H and O–H groups in total.